The predicted octanol–water partition coefficient (Wildman–Crippen LogP) is 3.50. The fourth-order valence-electron chi connectivity index (χ4n) is 5.23. The minimum absolute atomic E-state index is 0.134. The second-order valence-corrected chi connectivity index (χ2v) is 9.10. The maximum atomic E-state index is 13.0. The molecule has 0 radical (unpaired) electrons. The Morgan fingerprint density at radius 3 is 2.42 bits per heavy atom. The van der Waals surface area contributed by atoms with Gasteiger partial charge in [0.1, 0.15) is 5.75 Å². The Labute approximate surface area is 196 Å². The van der Waals surface area contributed by atoms with Gasteiger partial charge >= 0.3 is 5.97 Å². The zero-order valence-electron chi connectivity index (χ0n) is 20.0. The van der Waals surface area contributed by atoms with Crippen LogP contribution in [-0.2, 0) is 14.3 Å². The maximum absolute atomic E-state index is 13.0. The van der Waals surface area contributed by atoms with Crippen LogP contribution in [-0.4, -0.2) is 61.6 Å². The lowest BCUT2D eigenvalue weighted by Gasteiger charge is -2.49. The van der Waals surface area contributed by atoms with E-state index in [2.05, 4.69) is 15.5 Å². The molecule has 0 aliphatic carbocycles. The van der Waals surface area contributed by atoms with Crippen LogP contribution in [0.1, 0.15) is 75.1 Å². The molecule has 182 valence electrons. The molecule has 2 amide bonds. The zero-order chi connectivity index (χ0) is 23.8. The van der Waals surface area contributed by atoms with Gasteiger partial charge < -0.3 is 20.1 Å². The van der Waals surface area contributed by atoms with Crippen molar-refractivity contribution in [2.24, 2.45) is 0 Å². The molecule has 2 N–H and O–H groups in total. The van der Waals surface area contributed by atoms with Crippen molar-refractivity contribution >= 4 is 23.5 Å². The zero-order valence-corrected chi connectivity index (χ0v) is 20.0. The fourth-order valence-corrected chi connectivity index (χ4v) is 5.23. The first kappa shape index (κ1) is 25.0. The lowest BCUT2D eigenvalue weighted by atomic mass is 9.81. The Balaban J connectivity index is 1.54. The summed E-state index contributed by atoms with van der Waals surface area (Å²) in [6, 6.07) is 6.22. The molecule has 2 bridgehead atoms. The smallest absolute Gasteiger partial charge is 0.305 e. The van der Waals surface area contributed by atoms with Gasteiger partial charge in [0, 0.05) is 43.2 Å². The average Bonchev–Trinajstić information content (AvgIpc) is 2.78. The van der Waals surface area contributed by atoms with E-state index < -0.39 is 0 Å². The van der Waals surface area contributed by atoms with E-state index in [1.165, 1.54) is 40.4 Å². The summed E-state index contributed by atoms with van der Waals surface area (Å²) < 4.78 is 10.1. The minimum atomic E-state index is -0.170. The molecule has 2 aliphatic rings. The molecule has 33 heavy (non-hydrogen) atoms. The molecule has 2 heterocycles. The van der Waals surface area contributed by atoms with E-state index in [1.807, 2.05) is 0 Å². The highest BCUT2D eigenvalue weighted by Crippen LogP contribution is 2.34. The Morgan fingerprint density at radius 1 is 1.06 bits per heavy atom. The molecule has 8 heteroatoms. The van der Waals surface area contributed by atoms with Gasteiger partial charge in [0.25, 0.3) is 5.91 Å². The first-order valence-electron chi connectivity index (χ1n) is 12.0. The summed E-state index contributed by atoms with van der Waals surface area (Å²) in [5.41, 5.74) is 1.08. The first-order chi connectivity index (χ1) is 15.9. The number of anilines is 1. The molecule has 2 atom stereocenters. The van der Waals surface area contributed by atoms with Crippen molar-refractivity contribution in [2.75, 3.05) is 26.1 Å². The average molecular weight is 460 g/mol. The van der Waals surface area contributed by atoms with Crippen molar-refractivity contribution in [3.8, 4) is 5.75 Å². The number of benzene rings is 1. The fraction of sp³-hybridized carbons (Fsp3) is 0.640. The largest absolute Gasteiger partial charge is 0.496 e. The third-order valence-electron chi connectivity index (χ3n) is 6.75. The number of nitrogens with one attached hydrogen (secondary N) is 2. The molecule has 8 nitrogen and oxygen atoms in total. The van der Waals surface area contributed by atoms with Crippen molar-refractivity contribution in [2.45, 2.75) is 82.8 Å². The van der Waals surface area contributed by atoms with Crippen LogP contribution in [0.25, 0.3) is 0 Å². The van der Waals surface area contributed by atoms with Crippen LogP contribution >= 0.6 is 0 Å². The van der Waals surface area contributed by atoms with Gasteiger partial charge in [0.15, 0.2) is 0 Å². The van der Waals surface area contributed by atoms with Crippen molar-refractivity contribution in [1.29, 1.82) is 0 Å². The second kappa shape index (κ2) is 12.0. The second-order valence-electron chi connectivity index (χ2n) is 9.10. The molecular weight excluding hydrogens is 422 g/mol. The van der Waals surface area contributed by atoms with Crippen molar-refractivity contribution in [3.63, 3.8) is 0 Å². The normalized spacial score (nSPS) is 22.3. The van der Waals surface area contributed by atoms with Gasteiger partial charge in [0.05, 0.1) is 19.8 Å². The number of nitrogens with zero attached hydrogens (tertiary/aromatic N) is 1. The van der Waals surface area contributed by atoms with Crippen LogP contribution in [0.2, 0.25) is 0 Å². The standard InChI is InChI=1S/C25H37N3O5/c1-17(29)26-18-11-12-22(23(16-18)32-2)25(31)27-19-14-20-8-7-9-21(15-19)28(20)13-6-4-5-10-24(30)33-3/h11-12,16,19-21H,4-10,13-15H2,1-3H3,(H,26,29)(H,27,31). The SMILES string of the molecule is COC(=O)CCCCCN1C2CCCC1CC(NC(=O)c1ccc(NC(C)=O)cc1OC)C2. The molecule has 1 aromatic carbocycles. The summed E-state index contributed by atoms with van der Waals surface area (Å²) in [5, 5.41) is 5.94. The number of carbonyl (C=O) groups is 3. The highest BCUT2D eigenvalue weighted by Gasteiger charge is 2.38. The van der Waals surface area contributed by atoms with Gasteiger partial charge in [-0.15, -0.1) is 0 Å². The third-order valence-corrected chi connectivity index (χ3v) is 6.75. The van der Waals surface area contributed by atoms with Crippen molar-refractivity contribution < 1.29 is 23.9 Å². The van der Waals surface area contributed by atoms with Gasteiger partial charge in [0.2, 0.25) is 5.91 Å². The minimum Gasteiger partial charge on any atom is -0.496 e. The number of fused-ring (bicyclic) bond motifs is 2. The molecular formula is C25H37N3O5. The molecule has 3 rings (SSSR count). The summed E-state index contributed by atoms with van der Waals surface area (Å²) in [7, 11) is 2.96. The molecule has 2 aliphatic heterocycles. The topological polar surface area (TPSA) is 97.0 Å². The van der Waals surface area contributed by atoms with E-state index in [4.69, 9.17) is 9.47 Å². The van der Waals surface area contributed by atoms with Crippen LogP contribution < -0.4 is 15.4 Å². The molecule has 2 saturated heterocycles. The number of hydrogen-bond acceptors (Lipinski definition) is 6. The summed E-state index contributed by atoms with van der Waals surface area (Å²) in [4.78, 5) is 38.2. The Bertz CT molecular complexity index is 829. The van der Waals surface area contributed by atoms with Gasteiger partial charge in [-0.3, -0.25) is 19.3 Å². The summed E-state index contributed by atoms with van der Waals surface area (Å²) in [6.07, 6.45) is 8.96. The number of esters is 1. The van der Waals surface area contributed by atoms with Gasteiger partial charge in [-0.1, -0.05) is 12.8 Å². The highest BCUT2D eigenvalue weighted by molar-refractivity contribution is 5.98. The predicted molar refractivity (Wildman–Crippen MR) is 126 cm³/mol. The van der Waals surface area contributed by atoms with E-state index in [9.17, 15) is 14.4 Å². The number of ether oxygens (including phenoxy) is 2. The number of unbranched alkanes of at least 4 members (excludes halogenated alkanes) is 2. The van der Waals surface area contributed by atoms with Crippen LogP contribution in [0.5, 0.6) is 5.75 Å². The first-order valence-corrected chi connectivity index (χ1v) is 12.0. The number of piperidine rings is 2. The van der Waals surface area contributed by atoms with E-state index >= 15 is 0 Å². The molecule has 2 fully saturated rings. The number of carbonyl (C=O) groups excluding carboxylic acids is 3. The highest BCUT2D eigenvalue weighted by atomic mass is 16.5. The van der Waals surface area contributed by atoms with E-state index in [0.717, 1.165) is 38.6 Å². The quantitative estimate of drug-likeness (QED) is 0.411. The third kappa shape index (κ3) is 6.93. The molecule has 0 aromatic heterocycles. The molecule has 0 spiro atoms. The molecule has 0 saturated carbocycles. The Hall–Kier alpha value is -2.61. The van der Waals surface area contributed by atoms with Crippen LogP contribution in [0.3, 0.4) is 0 Å². The number of amides is 2. The van der Waals surface area contributed by atoms with E-state index in [-0.39, 0.29) is 23.8 Å². The lowest BCUT2D eigenvalue weighted by molar-refractivity contribution is -0.140. The lowest BCUT2D eigenvalue weighted by Crippen LogP contribution is -2.57. The van der Waals surface area contributed by atoms with Gasteiger partial charge in [-0.05, 0) is 57.2 Å². The number of methoxy groups -OCH3 is 2. The van der Waals surface area contributed by atoms with E-state index in [0.29, 0.717) is 35.5 Å². The number of rotatable bonds is 10. The van der Waals surface area contributed by atoms with E-state index in [1.54, 1.807) is 18.2 Å². The monoisotopic (exact) mass is 459 g/mol. The molecule has 1 aromatic rings. The van der Waals surface area contributed by atoms with Crippen LogP contribution in [0, 0.1) is 0 Å². The summed E-state index contributed by atoms with van der Waals surface area (Å²) in [5.74, 6) is 0.00437. The number of hydrogen-bond donors (Lipinski definition) is 2. The maximum Gasteiger partial charge on any atom is 0.305 e. The van der Waals surface area contributed by atoms with Crippen LogP contribution in [0.15, 0.2) is 18.2 Å². The van der Waals surface area contributed by atoms with Crippen molar-refractivity contribution in [1.82, 2.24) is 10.2 Å². The summed E-state index contributed by atoms with van der Waals surface area (Å²) >= 11 is 0. The van der Waals surface area contributed by atoms with Gasteiger partial charge in [-0.2, -0.15) is 0 Å². The van der Waals surface area contributed by atoms with Gasteiger partial charge in [-0.25, -0.2) is 0 Å². The molecule has 2 unspecified atom stereocenters. The van der Waals surface area contributed by atoms with Crippen molar-refractivity contribution in [3.05, 3.63) is 23.8 Å². The van der Waals surface area contributed by atoms with Crippen LogP contribution in [0.4, 0.5) is 5.69 Å². The summed E-state index contributed by atoms with van der Waals surface area (Å²) in [6.45, 7) is 2.49. The Kier molecular flexibility index (Phi) is 9.11. The Morgan fingerprint density at radius 2 is 1.79 bits per heavy atom.